The van der Waals surface area contributed by atoms with Gasteiger partial charge in [0.15, 0.2) is 0 Å². The summed E-state index contributed by atoms with van der Waals surface area (Å²) >= 11 is 0. The van der Waals surface area contributed by atoms with Crippen LogP contribution in [0, 0.1) is 6.92 Å². The minimum Gasteiger partial charge on any atom is -0.398 e. The van der Waals surface area contributed by atoms with Crippen LogP contribution in [0.2, 0.25) is 0 Å². The summed E-state index contributed by atoms with van der Waals surface area (Å²) in [6, 6.07) is 14.2. The normalized spacial score (nSPS) is 10.5. The molecule has 2 aromatic carbocycles. The number of nitrogens with two attached hydrogens (primary N) is 1. The zero-order chi connectivity index (χ0) is 12.3. The van der Waals surface area contributed by atoms with Crippen molar-refractivity contribution in [3.05, 3.63) is 53.6 Å². The molecule has 0 heterocycles. The monoisotopic (exact) mass is 227 g/mol. The summed E-state index contributed by atoms with van der Waals surface area (Å²) in [5, 5.41) is 8.99. The van der Waals surface area contributed by atoms with Crippen molar-refractivity contribution in [2.75, 3.05) is 12.3 Å². The molecule has 0 spiro atoms. The van der Waals surface area contributed by atoms with Gasteiger partial charge in [0.05, 0.1) is 0 Å². The van der Waals surface area contributed by atoms with E-state index in [4.69, 9.17) is 10.8 Å². The first-order chi connectivity index (χ1) is 8.22. The van der Waals surface area contributed by atoms with Gasteiger partial charge in [-0.3, -0.25) is 0 Å². The standard InChI is InChI=1S/C15H17NO/c1-11-4-2-6-13(10-11)14-7-3-5-12(8-9-17)15(14)16/h2-7,10,17H,8-9,16H2,1H3. The molecule has 0 fully saturated rings. The number of para-hydroxylation sites is 1. The van der Waals surface area contributed by atoms with Crippen molar-refractivity contribution in [3.63, 3.8) is 0 Å². The maximum atomic E-state index is 8.99. The molecule has 0 radical (unpaired) electrons. The Morgan fingerprint density at radius 3 is 2.59 bits per heavy atom. The van der Waals surface area contributed by atoms with Gasteiger partial charge in [0.1, 0.15) is 0 Å². The second-order valence-corrected chi connectivity index (χ2v) is 4.22. The van der Waals surface area contributed by atoms with Crippen LogP contribution in [-0.2, 0) is 6.42 Å². The van der Waals surface area contributed by atoms with Crippen molar-refractivity contribution in [2.45, 2.75) is 13.3 Å². The van der Waals surface area contributed by atoms with E-state index in [1.807, 2.05) is 24.3 Å². The zero-order valence-electron chi connectivity index (χ0n) is 9.98. The van der Waals surface area contributed by atoms with Crippen molar-refractivity contribution in [1.82, 2.24) is 0 Å². The molecule has 17 heavy (non-hydrogen) atoms. The van der Waals surface area contributed by atoms with E-state index in [1.54, 1.807) is 0 Å². The van der Waals surface area contributed by atoms with E-state index in [2.05, 4.69) is 25.1 Å². The molecule has 0 amide bonds. The molecule has 0 aliphatic carbocycles. The third-order valence-electron chi connectivity index (χ3n) is 2.91. The molecule has 0 saturated carbocycles. The minimum atomic E-state index is 0.126. The number of nitrogen functional groups attached to an aromatic ring is 1. The second-order valence-electron chi connectivity index (χ2n) is 4.22. The Morgan fingerprint density at radius 1 is 1.12 bits per heavy atom. The Labute approximate surface area is 102 Å². The summed E-state index contributed by atoms with van der Waals surface area (Å²) < 4.78 is 0. The second kappa shape index (κ2) is 5.02. The highest BCUT2D eigenvalue weighted by Crippen LogP contribution is 2.29. The molecular formula is C15H17NO. The smallest absolute Gasteiger partial charge is 0.0472 e. The maximum Gasteiger partial charge on any atom is 0.0472 e. The number of aliphatic hydroxyl groups excluding tert-OH is 1. The molecule has 2 heteroatoms. The van der Waals surface area contributed by atoms with Gasteiger partial charge in [0.2, 0.25) is 0 Å². The molecule has 0 saturated heterocycles. The van der Waals surface area contributed by atoms with Crippen LogP contribution in [0.5, 0.6) is 0 Å². The first-order valence-corrected chi connectivity index (χ1v) is 5.77. The van der Waals surface area contributed by atoms with Crippen molar-refractivity contribution >= 4 is 5.69 Å². The van der Waals surface area contributed by atoms with Crippen LogP contribution in [-0.4, -0.2) is 11.7 Å². The lowest BCUT2D eigenvalue weighted by atomic mass is 9.98. The predicted octanol–water partition coefficient (Wildman–Crippen LogP) is 2.78. The summed E-state index contributed by atoms with van der Waals surface area (Å²) in [5.74, 6) is 0. The zero-order valence-corrected chi connectivity index (χ0v) is 9.98. The molecule has 2 rings (SSSR count). The number of hydrogen-bond acceptors (Lipinski definition) is 2. The summed E-state index contributed by atoms with van der Waals surface area (Å²) in [7, 11) is 0. The molecule has 0 unspecified atom stereocenters. The lowest BCUT2D eigenvalue weighted by molar-refractivity contribution is 0.300. The highest BCUT2D eigenvalue weighted by atomic mass is 16.2. The molecule has 0 aliphatic heterocycles. The van der Waals surface area contributed by atoms with Gasteiger partial charge in [-0.25, -0.2) is 0 Å². The topological polar surface area (TPSA) is 46.2 Å². The molecule has 2 aromatic rings. The first kappa shape index (κ1) is 11.7. The lowest BCUT2D eigenvalue weighted by Gasteiger charge is -2.11. The van der Waals surface area contributed by atoms with Gasteiger partial charge < -0.3 is 10.8 Å². The van der Waals surface area contributed by atoms with E-state index < -0.39 is 0 Å². The van der Waals surface area contributed by atoms with Crippen LogP contribution in [0.15, 0.2) is 42.5 Å². The highest BCUT2D eigenvalue weighted by Gasteiger charge is 2.06. The number of anilines is 1. The summed E-state index contributed by atoms with van der Waals surface area (Å²) in [6.07, 6.45) is 0.603. The van der Waals surface area contributed by atoms with Crippen molar-refractivity contribution in [2.24, 2.45) is 0 Å². The molecule has 0 aromatic heterocycles. The Hall–Kier alpha value is -1.80. The Kier molecular flexibility index (Phi) is 3.45. The Bertz CT molecular complexity index is 520. The van der Waals surface area contributed by atoms with Gasteiger partial charge >= 0.3 is 0 Å². The maximum absolute atomic E-state index is 8.99. The number of rotatable bonds is 3. The van der Waals surface area contributed by atoms with Crippen LogP contribution >= 0.6 is 0 Å². The summed E-state index contributed by atoms with van der Waals surface area (Å²) in [5.41, 5.74) is 11.3. The van der Waals surface area contributed by atoms with E-state index in [-0.39, 0.29) is 6.61 Å². The minimum absolute atomic E-state index is 0.126. The lowest BCUT2D eigenvalue weighted by Crippen LogP contribution is -1.99. The third-order valence-corrected chi connectivity index (χ3v) is 2.91. The fraction of sp³-hybridized carbons (Fsp3) is 0.200. The number of aliphatic hydroxyl groups is 1. The molecule has 3 N–H and O–H groups in total. The van der Waals surface area contributed by atoms with Crippen LogP contribution in [0.3, 0.4) is 0 Å². The average Bonchev–Trinajstić information content (AvgIpc) is 2.32. The molecular weight excluding hydrogens is 210 g/mol. The molecule has 0 atom stereocenters. The molecule has 0 bridgehead atoms. The van der Waals surface area contributed by atoms with Gasteiger partial charge in [-0.1, -0.05) is 48.0 Å². The summed E-state index contributed by atoms with van der Waals surface area (Å²) in [6.45, 7) is 2.19. The Balaban J connectivity index is 2.49. The number of aryl methyl sites for hydroxylation is 1. The van der Waals surface area contributed by atoms with E-state index in [0.29, 0.717) is 6.42 Å². The Morgan fingerprint density at radius 2 is 1.88 bits per heavy atom. The predicted molar refractivity (Wildman–Crippen MR) is 71.8 cm³/mol. The van der Waals surface area contributed by atoms with Crippen LogP contribution < -0.4 is 5.73 Å². The van der Waals surface area contributed by atoms with Crippen LogP contribution in [0.1, 0.15) is 11.1 Å². The van der Waals surface area contributed by atoms with Crippen molar-refractivity contribution in [3.8, 4) is 11.1 Å². The fourth-order valence-electron chi connectivity index (χ4n) is 2.02. The van der Waals surface area contributed by atoms with E-state index >= 15 is 0 Å². The largest absolute Gasteiger partial charge is 0.398 e. The van der Waals surface area contributed by atoms with E-state index in [9.17, 15) is 0 Å². The SMILES string of the molecule is Cc1cccc(-c2cccc(CCO)c2N)c1. The van der Waals surface area contributed by atoms with Gasteiger partial charge in [0, 0.05) is 17.9 Å². The fourth-order valence-corrected chi connectivity index (χ4v) is 2.02. The van der Waals surface area contributed by atoms with E-state index in [1.165, 1.54) is 5.56 Å². The summed E-state index contributed by atoms with van der Waals surface area (Å²) in [4.78, 5) is 0. The quantitative estimate of drug-likeness (QED) is 0.792. The van der Waals surface area contributed by atoms with Gasteiger partial charge in [-0.2, -0.15) is 0 Å². The molecule has 2 nitrogen and oxygen atoms in total. The molecule has 0 aliphatic rings. The average molecular weight is 227 g/mol. The van der Waals surface area contributed by atoms with E-state index in [0.717, 1.165) is 22.4 Å². The van der Waals surface area contributed by atoms with Gasteiger partial charge in [-0.05, 0) is 24.5 Å². The number of benzene rings is 2. The van der Waals surface area contributed by atoms with Crippen molar-refractivity contribution < 1.29 is 5.11 Å². The third kappa shape index (κ3) is 2.48. The van der Waals surface area contributed by atoms with Crippen molar-refractivity contribution in [1.29, 1.82) is 0 Å². The first-order valence-electron chi connectivity index (χ1n) is 5.77. The van der Waals surface area contributed by atoms with Gasteiger partial charge in [0.25, 0.3) is 0 Å². The van der Waals surface area contributed by atoms with Crippen LogP contribution in [0.25, 0.3) is 11.1 Å². The van der Waals surface area contributed by atoms with Gasteiger partial charge in [-0.15, -0.1) is 0 Å². The number of hydrogen-bond donors (Lipinski definition) is 2. The van der Waals surface area contributed by atoms with Crippen LogP contribution in [0.4, 0.5) is 5.69 Å². The highest BCUT2D eigenvalue weighted by molar-refractivity contribution is 5.78. The molecule has 88 valence electrons.